The maximum absolute atomic E-state index is 12.5. The first-order valence-corrected chi connectivity index (χ1v) is 7.74. The number of halogens is 3. The number of rotatable bonds is 1. The molecule has 0 spiro atoms. The summed E-state index contributed by atoms with van der Waals surface area (Å²) in [7, 11) is 0. The van der Waals surface area contributed by atoms with Gasteiger partial charge in [-0.25, -0.2) is 0 Å². The van der Waals surface area contributed by atoms with Gasteiger partial charge in [-0.1, -0.05) is 53.0 Å². The molecule has 0 bridgehead atoms. The standard InChI is InChI=1S/C13H8Cl3NOS/c14-9-5-10(15)13(11(16)6-9)17-7-8-3-1-2-4-12(8)19(17)18/h1-6H,7H2. The van der Waals surface area contributed by atoms with E-state index in [9.17, 15) is 4.55 Å². The van der Waals surface area contributed by atoms with Gasteiger partial charge in [0, 0.05) is 10.6 Å². The maximum Gasteiger partial charge on any atom is 0.185 e. The van der Waals surface area contributed by atoms with Crippen LogP contribution in [0.2, 0.25) is 15.1 Å². The average Bonchev–Trinajstić information content (AvgIpc) is 2.66. The van der Waals surface area contributed by atoms with Crippen LogP contribution < -0.4 is 4.31 Å². The second-order valence-electron chi connectivity index (χ2n) is 4.11. The minimum Gasteiger partial charge on any atom is -0.588 e. The molecule has 1 aliphatic rings. The van der Waals surface area contributed by atoms with E-state index in [1.54, 1.807) is 16.4 Å². The van der Waals surface area contributed by atoms with Gasteiger partial charge in [0.1, 0.15) is 17.0 Å². The lowest BCUT2D eigenvalue weighted by molar-refractivity contribution is 0.595. The molecular formula is C13H8Cl3NOS. The van der Waals surface area contributed by atoms with Gasteiger partial charge in [-0.2, -0.15) is 4.31 Å². The monoisotopic (exact) mass is 331 g/mol. The Morgan fingerprint density at radius 2 is 1.68 bits per heavy atom. The summed E-state index contributed by atoms with van der Waals surface area (Å²) in [4.78, 5) is 0.796. The van der Waals surface area contributed by atoms with E-state index in [1.807, 2.05) is 24.3 Å². The molecule has 3 rings (SSSR count). The third kappa shape index (κ3) is 2.30. The summed E-state index contributed by atoms with van der Waals surface area (Å²) in [5.74, 6) is 0. The molecule has 0 N–H and O–H groups in total. The predicted octanol–water partition coefficient (Wildman–Crippen LogP) is 4.69. The lowest BCUT2D eigenvalue weighted by Crippen LogP contribution is -2.24. The van der Waals surface area contributed by atoms with Gasteiger partial charge in [0.05, 0.1) is 16.6 Å². The van der Waals surface area contributed by atoms with Gasteiger partial charge in [0.25, 0.3) is 0 Å². The smallest absolute Gasteiger partial charge is 0.185 e. The molecule has 0 amide bonds. The fraction of sp³-hybridized carbons (Fsp3) is 0.0769. The number of fused-ring (bicyclic) bond motifs is 1. The van der Waals surface area contributed by atoms with Crippen molar-refractivity contribution in [2.75, 3.05) is 4.31 Å². The highest BCUT2D eigenvalue weighted by molar-refractivity contribution is 7.93. The Morgan fingerprint density at radius 3 is 2.32 bits per heavy atom. The van der Waals surface area contributed by atoms with Crippen LogP contribution in [0.25, 0.3) is 0 Å². The first-order valence-electron chi connectivity index (χ1n) is 5.50. The number of benzene rings is 2. The largest absolute Gasteiger partial charge is 0.588 e. The molecule has 2 aromatic rings. The van der Waals surface area contributed by atoms with Crippen LogP contribution in [0.15, 0.2) is 41.3 Å². The number of anilines is 1. The molecule has 0 fully saturated rings. The molecule has 1 unspecified atom stereocenters. The van der Waals surface area contributed by atoms with E-state index in [2.05, 4.69) is 0 Å². The van der Waals surface area contributed by atoms with Crippen LogP contribution in [-0.2, 0) is 17.9 Å². The Hall–Kier alpha value is -0.580. The van der Waals surface area contributed by atoms with Crippen molar-refractivity contribution in [1.29, 1.82) is 0 Å². The van der Waals surface area contributed by atoms with Crippen LogP contribution in [0.4, 0.5) is 5.69 Å². The molecular weight excluding hydrogens is 325 g/mol. The summed E-state index contributed by atoms with van der Waals surface area (Å²) < 4.78 is 14.2. The SMILES string of the molecule is [O-][S+]1c2ccccc2CN1c1c(Cl)cc(Cl)cc1Cl. The lowest BCUT2D eigenvalue weighted by atomic mass is 10.2. The van der Waals surface area contributed by atoms with Crippen molar-refractivity contribution < 1.29 is 4.55 Å². The highest BCUT2D eigenvalue weighted by Crippen LogP contribution is 2.43. The van der Waals surface area contributed by atoms with Crippen molar-refractivity contribution in [3.63, 3.8) is 0 Å². The minimum atomic E-state index is -1.29. The molecule has 98 valence electrons. The molecule has 2 nitrogen and oxygen atoms in total. The third-order valence-electron chi connectivity index (χ3n) is 2.91. The molecule has 0 radical (unpaired) electrons. The second kappa shape index (κ2) is 5.08. The van der Waals surface area contributed by atoms with Gasteiger partial charge in [0.15, 0.2) is 4.90 Å². The second-order valence-corrected chi connectivity index (χ2v) is 6.74. The Morgan fingerprint density at radius 1 is 1.05 bits per heavy atom. The highest BCUT2D eigenvalue weighted by atomic mass is 35.5. The summed E-state index contributed by atoms with van der Waals surface area (Å²) in [5, 5.41) is 1.26. The highest BCUT2D eigenvalue weighted by Gasteiger charge is 2.36. The zero-order valence-corrected chi connectivity index (χ0v) is 12.7. The van der Waals surface area contributed by atoms with Gasteiger partial charge >= 0.3 is 0 Å². The Bertz CT molecular complexity index is 627. The summed E-state index contributed by atoms with van der Waals surface area (Å²) in [6.45, 7) is 0.518. The average molecular weight is 333 g/mol. The molecule has 1 heterocycles. The van der Waals surface area contributed by atoms with Crippen molar-refractivity contribution in [3.8, 4) is 0 Å². The number of nitrogens with zero attached hydrogens (tertiary/aromatic N) is 1. The molecule has 6 heteroatoms. The van der Waals surface area contributed by atoms with Crippen LogP contribution in [-0.4, -0.2) is 4.55 Å². The van der Waals surface area contributed by atoms with Crippen molar-refractivity contribution in [1.82, 2.24) is 0 Å². The topological polar surface area (TPSA) is 26.3 Å². The summed E-state index contributed by atoms with van der Waals surface area (Å²) in [6.07, 6.45) is 0. The van der Waals surface area contributed by atoms with Crippen LogP contribution in [0.3, 0.4) is 0 Å². The van der Waals surface area contributed by atoms with Crippen LogP contribution in [0.5, 0.6) is 0 Å². The Balaban J connectivity index is 2.07. The molecule has 19 heavy (non-hydrogen) atoms. The van der Waals surface area contributed by atoms with E-state index in [1.165, 1.54) is 0 Å². The van der Waals surface area contributed by atoms with E-state index in [0.29, 0.717) is 27.3 Å². The first-order chi connectivity index (χ1) is 9.08. The minimum absolute atomic E-state index is 0.402. The zero-order valence-electron chi connectivity index (χ0n) is 9.57. The van der Waals surface area contributed by atoms with Crippen molar-refractivity contribution in [2.24, 2.45) is 0 Å². The van der Waals surface area contributed by atoms with Crippen LogP contribution in [0, 0.1) is 0 Å². The summed E-state index contributed by atoms with van der Waals surface area (Å²) >= 11 is 17.0. The third-order valence-corrected chi connectivity index (χ3v) is 5.19. The molecule has 0 aromatic heterocycles. The summed E-state index contributed by atoms with van der Waals surface area (Å²) in [6, 6.07) is 10.8. The van der Waals surface area contributed by atoms with Crippen LogP contribution in [0.1, 0.15) is 5.56 Å². The van der Waals surface area contributed by atoms with Crippen LogP contribution >= 0.6 is 34.8 Å². The zero-order chi connectivity index (χ0) is 13.6. The maximum atomic E-state index is 12.5. The number of hydrogen-bond donors (Lipinski definition) is 0. The molecule has 1 aliphatic heterocycles. The van der Waals surface area contributed by atoms with Gasteiger partial charge in [-0.05, 0) is 18.2 Å². The van der Waals surface area contributed by atoms with E-state index >= 15 is 0 Å². The molecule has 1 atom stereocenters. The van der Waals surface area contributed by atoms with Gasteiger partial charge in [0.2, 0.25) is 0 Å². The van der Waals surface area contributed by atoms with Crippen molar-refractivity contribution >= 4 is 51.9 Å². The Labute approximate surface area is 129 Å². The molecule has 2 aromatic carbocycles. The first kappa shape index (κ1) is 13.4. The summed E-state index contributed by atoms with van der Waals surface area (Å²) in [5.41, 5.74) is 1.57. The van der Waals surface area contributed by atoms with Gasteiger partial charge in [-0.3, -0.25) is 0 Å². The van der Waals surface area contributed by atoms with Gasteiger partial charge in [-0.15, -0.1) is 0 Å². The lowest BCUT2D eigenvalue weighted by Gasteiger charge is -2.20. The van der Waals surface area contributed by atoms with E-state index in [4.69, 9.17) is 34.8 Å². The van der Waals surface area contributed by atoms with Crippen molar-refractivity contribution in [2.45, 2.75) is 11.4 Å². The molecule has 0 saturated heterocycles. The number of hydrogen-bond acceptors (Lipinski definition) is 2. The van der Waals surface area contributed by atoms with Crippen molar-refractivity contribution in [3.05, 3.63) is 57.0 Å². The Kier molecular flexibility index (Phi) is 3.58. The fourth-order valence-electron chi connectivity index (χ4n) is 2.07. The molecule has 0 saturated carbocycles. The van der Waals surface area contributed by atoms with E-state index in [0.717, 1.165) is 10.5 Å². The quantitative estimate of drug-likeness (QED) is 0.708. The molecule has 0 aliphatic carbocycles. The van der Waals surface area contributed by atoms with E-state index < -0.39 is 11.4 Å². The normalized spacial score (nSPS) is 17.7. The van der Waals surface area contributed by atoms with E-state index in [-0.39, 0.29) is 0 Å². The fourth-order valence-corrected chi connectivity index (χ4v) is 4.60. The predicted molar refractivity (Wildman–Crippen MR) is 80.5 cm³/mol. The van der Waals surface area contributed by atoms with Gasteiger partial charge < -0.3 is 4.55 Å².